The van der Waals surface area contributed by atoms with E-state index in [0.29, 0.717) is 23.2 Å². The van der Waals surface area contributed by atoms with Crippen molar-refractivity contribution in [3.05, 3.63) is 12.7 Å². The normalized spacial score (nSPS) is 25.7. The number of anilines is 1. The molecule has 1 aliphatic carbocycles. The summed E-state index contributed by atoms with van der Waals surface area (Å²) in [7, 11) is 0. The molecular formula is C15H23N5O. The Morgan fingerprint density at radius 1 is 1.43 bits per heavy atom. The molecule has 1 fully saturated rings. The van der Waals surface area contributed by atoms with Crippen molar-refractivity contribution in [3.8, 4) is 0 Å². The topological polar surface area (TPSA) is 89.8 Å². The van der Waals surface area contributed by atoms with Gasteiger partial charge in [0.2, 0.25) is 0 Å². The standard InChI is InChI=1S/C15H23N5O/c1-9(21)11-6-10(15(11,2)3)4-5-20-8-19-12-13(16)17-7-18-14(12)20/h7-11,21H,4-6H2,1-3H3,(H2,16,17,18)/t9-,10-,11-/m0/s1. The number of aliphatic hydroxyl groups excluding tert-OH is 1. The predicted octanol–water partition coefficient (Wildman–Crippen LogP) is 1.84. The molecule has 0 amide bonds. The van der Waals surface area contributed by atoms with Crippen molar-refractivity contribution in [2.45, 2.75) is 46.3 Å². The van der Waals surface area contributed by atoms with Gasteiger partial charge >= 0.3 is 0 Å². The molecule has 21 heavy (non-hydrogen) atoms. The molecule has 0 unspecified atom stereocenters. The number of aromatic nitrogens is 4. The first kappa shape index (κ1) is 14.3. The van der Waals surface area contributed by atoms with Crippen LogP contribution in [0.4, 0.5) is 5.82 Å². The minimum Gasteiger partial charge on any atom is -0.393 e. The second kappa shape index (κ2) is 4.94. The van der Waals surface area contributed by atoms with E-state index in [4.69, 9.17) is 5.73 Å². The third-order valence-electron chi connectivity index (χ3n) is 5.28. The molecule has 114 valence electrons. The Balaban J connectivity index is 1.70. The van der Waals surface area contributed by atoms with Crippen molar-refractivity contribution >= 4 is 17.0 Å². The van der Waals surface area contributed by atoms with Gasteiger partial charge in [-0.1, -0.05) is 13.8 Å². The van der Waals surface area contributed by atoms with E-state index in [1.165, 1.54) is 6.33 Å². The lowest BCUT2D eigenvalue weighted by Crippen LogP contribution is -2.49. The number of imidazole rings is 1. The number of nitrogen functional groups attached to an aromatic ring is 1. The fraction of sp³-hybridized carbons (Fsp3) is 0.667. The van der Waals surface area contributed by atoms with Crippen LogP contribution in [0.15, 0.2) is 12.7 Å². The van der Waals surface area contributed by atoms with Gasteiger partial charge in [0.15, 0.2) is 11.5 Å². The fourth-order valence-corrected chi connectivity index (χ4v) is 3.72. The van der Waals surface area contributed by atoms with Crippen molar-refractivity contribution < 1.29 is 5.11 Å². The molecule has 0 saturated heterocycles. The van der Waals surface area contributed by atoms with Gasteiger partial charge in [-0.2, -0.15) is 0 Å². The Morgan fingerprint density at radius 2 is 2.19 bits per heavy atom. The summed E-state index contributed by atoms with van der Waals surface area (Å²) in [6.07, 6.45) is 5.19. The monoisotopic (exact) mass is 289 g/mol. The molecule has 3 N–H and O–H groups in total. The van der Waals surface area contributed by atoms with Gasteiger partial charge in [0.05, 0.1) is 12.4 Å². The third kappa shape index (κ3) is 2.27. The lowest BCUT2D eigenvalue weighted by atomic mass is 9.52. The quantitative estimate of drug-likeness (QED) is 0.896. The van der Waals surface area contributed by atoms with Crippen molar-refractivity contribution in [2.24, 2.45) is 17.3 Å². The van der Waals surface area contributed by atoms with Gasteiger partial charge in [-0.05, 0) is 37.0 Å². The highest BCUT2D eigenvalue weighted by atomic mass is 16.3. The molecule has 0 bridgehead atoms. The van der Waals surface area contributed by atoms with Crippen molar-refractivity contribution in [1.29, 1.82) is 0 Å². The van der Waals surface area contributed by atoms with Gasteiger partial charge in [0.1, 0.15) is 11.8 Å². The van der Waals surface area contributed by atoms with E-state index in [0.717, 1.165) is 25.0 Å². The molecule has 0 spiro atoms. The van der Waals surface area contributed by atoms with E-state index < -0.39 is 0 Å². The van der Waals surface area contributed by atoms with Crippen LogP contribution in [0, 0.1) is 17.3 Å². The van der Waals surface area contributed by atoms with Crippen LogP contribution >= 0.6 is 0 Å². The van der Waals surface area contributed by atoms with E-state index in [-0.39, 0.29) is 11.5 Å². The van der Waals surface area contributed by atoms with Gasteiger partial charge < -0.3 is 15.4 Å². The maximum Gasteiger partial charge on any atom is 0.165 e. The molecule has 1 saturated carbocycles. The molecule has 6 heteroatoms. The molecular weight excluding hydrogens is 266 g/mol. The summed E-state index contributed by atoms with van der Waals surface area (Å²) >= 11 is 0. The number of fused-ring (bicyclic) bond motifs is 1. The molecule has 2 heterocycles. The fourth-order valence-electron chi connectivity index (χ4n) is 3.72. The Kier molecular flexibility index (Phi) is 3.36. The van der Waals surface area contributed by atoms with Crippen LogP contribution in [-0.2, 0) is 6.54 Å². The van der Waals surface area contributed by atoms with Crippen LogP contribution in [0.1, 0.15) is 33.6 Å². The van der Waals surface area contributed by atoms with Crippen molar-refractivity contribution in [1.82, 2.24) is 19.5 Å². The molecule has 3 atom stereocenters. The van der Waals surface area contributed by atoms with Gasteiger partial charge in [-0.15, -0.1) is 0 Å². The summed E-state index contributed by atoms with van der Waals surface area (Å²) in [6.45, 7) is 7.27. The summed E-state index contributed by atoms with van der Waals surface area (Å²) in [5, 5.41) is 9.80. The first-order valence-corrected chi connectivity index (χ1v) is 7.50. The average molecular weight is 289 g/mol. The van der Waals surface area contributed by atoms with Crippen LogP contribution in [-0.4, -0.2) is 30.7 Å². The van der Waals surface area contributed by atoms with Crippen LogP contribution in [0.5, 0.6) is 0 Å². The van der Waals surface area contributed by atoms with Crippen LogP contribution in [0.25, 0.3) is 11.2 Å². The number of nitrogens with zero attached hydrogens (tertiary/aromatic N) is 4. The molecule has 0 aliphatic heterocycles. The zero-order valence-corrected chi connectivity index (χ0v) is 12.8. The highest BCUT2D eigenvalue weighted by Crippen LogP contribution is 2.54. The Bertz CT molecular complexity index is 649. The molecule has 6 nitrogen and oxygen atoms in total. The molecule has 2 aromatic rings. The first-order valence-electron chi connectivity index (χ1n) is 7.50. The number of aliphatic hydroxyl groups is 1. The smallest absolute Gasteiger partial charge is 0.165 e. The van der Waals surface area contributed by atoms with Crippen molar-refractivity contribution in [3.63, 3.8) is 0 Å². The van der Waals surface area contributed by atoms with E-state index >= 15 is 0 Å². The molecule has 3 rings (SSSR count). The van der Waals surface area contributed by atoms with Crippen LogP contribution < -0.4 is 5.73 Å². The summed E-state index contributed by atoms with van der Waals surface area (Å²) in [6, 6.07) is 0. The zero-order valence-electron chi connectivity index (χ0n) is 12.8. The van der Waals surface area contributed by atoms with E-state index in [1.807, 2.05) is 11.5 Å². The highest BCUT2D eigenvalue weighted by Gasteiger charge is 2.49. The summed E-state index contributed by atoms with van der Waals surface area (Å²) in [5.41, 5.74) is 7.47. The van der Waals surface area contributed by atoms with Gasteiger partial charge in [0.25, 0.3) is 0 Å². The Hall–Kier alpha value is -1.69. The number of rotatable bonds is 4. The van der Waals surface area contributed by atoms with Gasteiger partial charge in [-0.3, -0.25) is 0 Å². The largest absolute Gasteiger partial charge is 0.393 e. The van der Waals surface area contributed by atoms with Gasteiger partial charge in [-0.25, -0.2) is 15.0 Å². The number of aryl methyl sites for hydroxylation is 1. The number of hydrogen-bond acceptors (Lipinski definition) is 5. The lowest BCUT2D eigenvalue weighted by molar-refractivity contribution is -0.0917. The SMILES string of the molecule is C[C@H](O)[C@@H]1C[C@H](CCn2cnc3c(N)ncnc32)C1(C)C. The average Bonchev–Trinajstić information content (AvgIpc) is 2.82. The van der Waals surface area contributed by atoms with E-state index in [2.05, 4.69) is 28.8 Å². The minimum atomic E-state index is -0.224. The summed E-state index contributed by atoms with van der Waals surface area (Å²) in [4.78, 5) is 12.5. The molecule has 1 aliphatic rings. The molecule has 0 radical (unpaired) electrons. The van der Waals surface area contributed by atoms with Crippen LogP contribution in [0.3, 0.4) is 0 Å². The predicted molar refractivity (Wildman–Crippen MR) is 81.4 cm³/mol. The second-order valence-corrected chi connectivity index (χ2v) is 6.76. The highest BCUT2D eigenvalue weighted by molar-refractivity contribution is 5.80. The van der Waals surface area contributed by atoms with Gasteiger partial charge in [0, 0.05) is 6.54 Å². The maximum absolute atomic E-state index is 9.80. The Morgan fingerprint density at radius 3 is 2.86 bits per heavy atom. The van der Waals surface area contributed by atoms with E-state index in [9.17, 15) is 5.11 Å². The van der Waals surface area contributed by atoms with Crippen LogP contribution in [0.2, 0.25) is 0 Å². The number of hydrogen-bond donors (Lipinski definition) is 2. The zero-order chi connectivity index (χ0) is 15.2. The maximum atomic E-state index is 9.80. The summed E-state index contributed by atoms with van der Waals surface area (Å²) in [5.74, 6) is 1.45. The minimum absolute atomic E-state index is 0.193. The first-order chi connectivity index (χ1) is 9.91. The number of nitrogens with two attached hydrogens (primary N) is 1. The van der Waals surface area contributed by atoms with Crippen molar-refractivity contribution in [2.75, 3.05) is 5.73 Å². The lowest BCUT2D eigenvalue weighted by Gasteiger charge is -2.54. The summed E-state index contributed by atoms with van der Waals surface area (Å²) < 4.78 is 2.04. The molecule has 0 aromatic carbocycles. The third-order valence-corrected chi connectivity index (χ3v) is 5.28. The second-order valence-electron chi connectivity index (χ2n) is 6.76. The molecule has 2 aromatic heterocycles. The Labute approximate surface area is 124 Å². The van der Waals surface area contributed by atoms with E-state index in [1.54, 1.807) is 6.33 Å².